The molecule has 1 aromatic heterocycles. The Labute approximate surface area is 114 Å². The van der Waals surface area contributed by atoms with Crippen LogP contribution in [0.25, 0.3) is 0 Å². The third-order valence-corrected chi connectivity index (χ3v) is 3.17. The van der Waals surface area contributed by atoms with E-state index in [1.54, 1.807) is 4.90 Å². The van der Waals surface area contributed by atoms with Crippen LogP contribution in [-0.4, -0.2) is 63.6 Å². The molecule has 0 saturated heterocycles. The summed E-state index contributed by atoms with van der Waals surface area (Å²) in [6, 6.07) is 0. The molecule has 0 aliphatic rings. The van der Waals surface area contributed by atoms with E-state index in [-0.39, 0.29) is 17.7 Å². The van der Waals surface area contributed by atoms with Gasteiger partial charge in [0.2, 0.25) is 11.8 Å². The number of anilines is 1. The summed E-state index contributed by atoms with van der Waals surface area (Å²) in [5.41, 5.74) is 5.40. The van der Waals surface area contributed by atoms with Gasteiger partial charge >= 0.3 is 0 Å². The molecule has 1 heterocycles. The minimum Gasteiger partial charge on any atom is -0.366 e. The second-order valence-corrected chi connectivity index (χ2v) is 4.31. The molecule has 7 nitrogen and oxygen atoms in total. The van der Waals surface area contributed by atoms with E-state index in [2.05, 4.69) is 33.9 Å². The number of nitrogen functional groups attached to an aromatic ring is 1. The number of aromatic nitrogens is 3. The molecule has 0 aliphatic heterocycles. The Morgan fingerprint density at radius 2 is 1.89 bits per heavy atom. The lowest BCUT2D eigenvalue weighted by Gasteiger charge is -2.22. The van der Waals surface area contributed by atoms with Gasteiger partial charge in [-0.05, 0) is 33.0 Å². The van der Waals surface area contributed by atoms with Crippen molar-refractivity contribution in [3.8, 4) is 0 Å². The molecular formula is C12H24N6O. The Balaban J connectivity index is 2.47. The molecule has 19 heavy (non-hydrogen) atoms. The maximum Gasteiger partial charge on any atom is 0.291 e. The summed E-state index contributed by atoms with van der Waals surface area (Å²) < 4.78 is 0. The quantitative estimate of drug-likeness (QED) is 0.719. The topological polar surface area (TPSA) is 91.1 Å². The van der Waals surface area contributed by atoms with Crippen LogP contribution in [-0.2, 0) is 0 Å². The Hall–Kier alpha value is -1.63. The van der Waals surface area contributed by atoms with Gasteiger partial charge in [-0.15, -0.1) is 5.10 Å². The minimum atomic E-state index is -0.147. The SMILES string of the molecule is CCN(CC)CCCN(CC)C(=O)c1nc(N)n[nH]1. The highest BCUT2D eigenvalue weighted by Crippen LogP contribution is 2.02. The van der Waals surface area contributed by atoms with E-state index in [4.69, 9.17) is 5.73 Å². The lowest BCUT2D eigenvalue weighted by atomic mass is 10.3. The maximum atomic E-state index is 12.1. The van der Waals surface area contributed by atoms with Gasteiger partial charge in [0, 0.05) is 13.1 Å². The Bertz CT molecular complexity index is 387. The number of hydrogen-bond donors (Lipinski definition) is 2. The summed E-state index contributed by atoms with van der Waals surface area (Å²) in [6.07, 6.45) is 0.949. The fourth-order valence-corrected chi connectivity index (χ4v) is 1.95. The Morgan fingerprint density at radius 3 is 2.37 bits per heavy atom. The van der Waals surface area contributed by atoms with Crippen LogP contribution in [0.2, 0.25) is 0 Å². The van der Waals surface area contributed by atoms with Gasteiger partial charge in [0.25, 0.3) is 5.91 Å². The molecule has 108 valence electrons. The van der Waals surface area contributed by atoms with Crippen LogP contribution in [0.1, 0.15) is 37.8 Å². The predicted molar refractivity (Wildman–Crippen MR) is 74.8 cm³/mol. The monoisotopic (exact) mass is 268 g/mol. The van der Waals surface area contributed by atoms with Gasteiger partial charge in [0.15, 0.2) is 0 Å². The van der Waals surface area contributed by atoms with Gasteiger partial charge < -0.3 is 15.5 Å². The van der Waals surface area contributed by atoms with Crippen LogP contribution >= 0.6 is 0 Å². The van der Waals surface area contributed by atoms with Crippen molar-refractivity contribution in [2.75, 3.05) is 38.5 Å². The average Bonchev–Trinajstić information content (AvgIpc) is 2.85. The molecule has 1 amide bonds. The number of carbonyl (C=O) groups is 1. The molecule has 0 bridgehead atoms. The summed E-state index contributed by atoms with van der Waals surface area (Å²) in [4.78, 5) is 20.1. The highest BCUT2D eigenvalue weighted by molar-refractivity contribution is 5.90. The Morgan fingerprint density at radius 1 is 1.21 bits per heavy atom. The largest absolute Gasteiger partial charge is 0.366 e. The van der Waals surface area contributed by atoms with E-state index in [1.807, 2.05) is 6.92 Å². The number of carbonyl (C=O) groups excluding carboxylic acids is 1. The van der Waals surface area contributed by atoms with E-state index >= 15 is 0 Å². The van der Waals surface area contributed by atoms with Crippen molar-refractivity contribution in [2.45, 2.75) is 27.2 Å². The van der Waals surface area contributed by atoms with Crippen LogP contribution in [0.5, 0.6) is 0 Å². The Kier molecular flexibility index (Phi) is 6.27. The first-order valence-corrected chi connectivity index (χ1v) is 6.81. The van der Waals surface area contributed by atoms with E-state index in [0.717, 1.165) is 26.1 Å². The lowest BCUT2D eigenvalue weighted by Crippen LogP contribution is -2.35. The first-order valence-electron chi connectivity index (χ1n) is 6.81. The molecule has 3 N–H and O–H groups in total. The zero-order valence-corrected chi connectivity index (χ0v) is 12.0. The molecular weight excluding hydrogens is 244 g/mol. The molecule has 0 atom stereocenters. The minimum absolute atomic E-state index is 0.0996. The van der Waals surface area contributed by atoms with Crippen molar-refractivity contribution in [1.82, 2.24) is 25.0 Å². The number of rotatable bonds is 8. The van der Waals surface area contributed by atoms with Gasteiger partial charge in [-0.3, -0.25) is 9.89 Å². The number of H-pyrrole nitrogens is 1. The van der Waals surface area contributed by atoms with Crippen molar-refractivity contribution >= 4 is 11.9 Å². The van der Waals surface area contributed by atoms with Gasteiger partial charge in [-0.2, -0.15) is 4.98 Å². The molecule has 7 heteroatoms. The standard InChI is InChI=1S/C12H24N6O/c1-4-17(5-2)8-7-9-18(6-3)11(19)10-14-12(13)16-15-10/h4-9H2,1-3H3,(H3,13,14,15,16). The number of hydrogen-bond acceptors (Lipinski definition) is 5. The number of nitrogens with one attached hydrogen (secondary N) is 1. The van der Waals surface area contributed by atoms with E-state index in [1.165, 1.54) is 0 Å². The highest BCUT2D eigenvalue weighted by atomic mass is 16.2. The molecule has 0 fully saturated rings. The van der Waals surface area contributed by atoms with Crippen molar-refractivity contribution in [3.63, 3.8) is 0 Å². The summed E-state index contributed by atoms with van der Waals surface area (Å²) in [7, 11) is 0. The van der Waals surface area contributed by atoms with Crippen molar-refractivity contribution in [3.05, 3.63) is 5.82 Å². The summed E-state index contributed by atoms with van der Waals surface area (Å²) in [5, 5.41) is 6.23. The molecule has 0 spiro atoms. The van der Waals surface area contributed by atoms with Crippen molar-refractivity contribution in [1.29, 1.82) is 0 Å². The summed E-state index contributed by atoms with van der Waals surface area (Å²) in [6.45, 7) is 10.7. The van der Waals surface area contributed by atoms with Gasteiger partial charge in [-0.25, -0.2) is 0 Å². The van der Waals surface area contributed by atoms with Crippen LogP contribution in [0.15, 0.2) is 0 Å². The molecule has 1 rings (SSSR count). The lowest BCUT2D eigenvalue weighted by molar-refractivity contribution is 0.0745. The molecule has 0 aliphatic carbocycles. The fraction of sp³-hybridized carbons (Fsp3) is 0.750. The summed E-state index contributed by atoms with van der Waals surface area (Å²) >= 11 is 0. The first-order chi connectivity index (χ1) is 9.12. The van der Waals surface area contributed by atoms with Crippen LogP contribution in [0.3, 0.4) is 0 Å². The molecule has 0 unspecified atom stereocenters. The zero-order valence-electron chi connectivity index (χ0n) is 12.0. The van der Waals surface area contributed by atoms with Crippen molar-refractivity contribution < 1.29 is 4.79 Å². The predicted octanol–water partition coefficient (Wildman–Crippen LogP) is 0.581. The van der Waals surface area contributed by atoms with Crippen LogP contribution in [0, 0.1) is 0 Å². The number of amides is 1. The highest BCUT2D eigenvalue weighted by Gasteiger charge is 2.17. The molecule has 0 aromatic carbocycles. The fourth-order valence-electron chi connectivity index (χ4n) is 1.95. The van der Waals surface area contributed by atoms with E-state index in [0.29, 0.717) is 13.1 Å². The molecule has 1 aromatic rings. The van der Waals surface area contributed by atoms with Crippen LogP contribution in [0.4, 0.5) is 5.95 Å². The number of nitrogens with zero attached hydrogens (tertiary/aromatic N) is 4. The average molecular weight is 268 g/mol. The van der Waals surface area contributed by atoms with Crippen molar-refractivity contribution in [2.24, 2.45) is 0 Å². The molecule has 0 saturated carbocycles. The van der Waals surface area contributed by atoms with Gasteiger partial charge in [-0.1, -0.05) is 13.8 Å². The third-order valence-electron chi connectivity index (χ3n) is 3.17. The zero-order chi connectivity index (χ0) is 14.3. The van der Waals surface area contributed by atoms with Crippen LogP contribution < -0.4 is 5.73 Å². The van der Waals surface area contributed by atoms with E-state index in [9.17, 15) is 4.79 Å². The third kappa shape index (κ3) is 4.51. The smallest absolute Gasteiger partial charge is 0.291 e. The van der Waals surface area contributed by atoms with Gasteiger partial charge in [0.05, 0.1) is 0 Å². The number of nitrogens with two attached hydrogens (primary N) is 1. The normalized spacial score (nSPS) is 10.9. The summed E-state index contributed by atoms with van der Waals surface area (Å²) in [5.74, 6) is 0.163. The second-order valence-electron chi connectivity index (χ2n) is 4.31. The number of aromatic amines is 1. The maximum absolute atomic E-state index is 12.1. The second kappa shape index (κ2) is 7.73. The van der Waals surface area contributed by atoms with E-state index < -0.39 is 0 Å². The first kappa shape index (κ1) is 15.4. The molecule has 0 radical (unpaired) electrons. The van der Waals surface area contributed by atoms with Gasteiger partial charge in [0.1, 0.15) is 0 Å².